The zero-order chi connectivity index (χ0) is 13.5. The molecular weight excluding hydrogens is 208 g/mol. The van der Waals surface area contributed by atoms with Crippen molar-refractivity contribution in [1.29, 1.82) is 0 Å². The van der Waals surface area contributed by atoms with Crippen LogP contribution in [0.2, 0.25) is 0 Å². The molecule has 0 aliphatic carbocycles. The van der Waals surface area contributed by atoms with Gasteiger partial charge in [-0.05, 0) is 18.3 Å². The summed E-state index contributed by atoms with van der Waals surface area (Å²) >= 11 is 0. The van der Waals surface area contributed by atoms with Gasteiger partial charge in [0.2, 0.25) is 0 Å². The maximum absolute atomic E-state index is 5.92. The maximum atomic E-state index is 5.92. The summed E-state index contributed by atoms with van der Waals surface area (Å²) in [7, 11) is 0. The molecule has 1 nitrogen and oxygen atoms in total. The van der Waals surface area contributed by atoms with Crippen LogP contribution in [0.1, 0.15) is 67.2 Å². The average molecular weight is 240 g/mol. The van der Waals surface area contributed by atoms with Gasteiger partial charge in [-0.3, -0.25) is 0 Å². The lowest BCUT2D eigenvalue weighted by atomic mass is 9.80. The van der Waals surface area contributed by atoms with Crippen molar-refractivity contribution in [1.82, 2.24) is 0 Å². The van der Waals surface area contributed by atoms with Crippen LogP contribution in [0.25, 0.3) is 0 Å². The summed E-state index contributed by atoms with van der Waals surface area (Å²) < 4.78 is 5.92. The van der Waals surface area contributed by atoms with Gasteiger partial charge in [-0.25, -0.2) is 0 Å². The van der Waals surface area contributed by atoms with Crippen molar-refractivity contribution < 1.29 is 4.74 Å². The van der Waals surface area contributed by atoms with E-state index in [1.54, 1.807) is 0 Å². The van der Waals surface area contributed by atoms with Gasteiger partial charge in [-0.2, -0.15) is 0 Å². The van der Waals surface area contributed by atoms with Crippen molar-refractivity contribution >= 4 is 0 Å². The Morgan fingerprint density at radius 2 is 1.82 bits per heavy atom. The van der Waals surface area contributed by atoms with Gasteiger partial charge in [0.05, 0.1) is 12.4 Å². The summed E-state index contributed by atoms with van der Waals surface area (Å²) in [5.41, 5.74) is 0.0725. The Morgan fingerprint density at radius 1 is 1.24 bits per heavy atom. The van der Waals surface area contributed by atoms with Crippen LogP contribution in [0, 0.1) is 17.3 Å². The highest BCUT2D eigenvalue weighted by molar-refractivity contribution is 5.00. The van der Waals surface area contributed by atoms with Gasteiger partial charge in [0.25, 0.3) is 0 Å². The van der Waals surface area contributed by atoms with Crippen molar-refractivity contribution in [3.05, 3.63) is 12.3 Å². The van der Waals surface area contributed by atoms with Gasteiger partial charge >= 0.3 is 0 Å². The lowest BCUT2D eigenvalue weighted by Gasteiger charge is -2.32. The number of unbranched alkanes of at least 4 members (excludes halogenated alkanes) is 1. The molecule has 0 bridgehead atoms. The predicted octanol–water partition coefficient (Wildman–Crippen LogP) is 5.42. The van der Waals surface area contributed by atoms with E-state index in [1.807, 2.05) is 0 Å². The molecule has 0 aromatic rings. The first-order valence-electron chi connectivity index (χ1n) is 7.18. The van der Waals surface area contributed by atoms with Crippen molar-refractivity contribution in [2.75, 3.05) is 6.61 Å². The molecule has 102 valence electrons. The van der Waals surface area contributed by atoms with E-state index in [0.29, 0.717) is 11.8 Å². The Kier molecular flexibility index (Phi) is 7.58. The van der Waals surface area contributed by atoms with Crippen LogP contribution in [0.15, 0.2) is 12.3 Å². The Balaban J connectivity index is 4.13. The first-order chi connectivity index (χ1) is 7.86. The minimum atomic E-state index is 0.0725. The van der Waals surface area contributed by atoms with Crippen molar-refractivity contribution in [3.8, 4) is 0 Å². The highest BCUT2D eigenvalue weighted by atomic mass is 16.5. The lowest BCUT2D eigenvalue weighted by molar-refractivity contribution is 0.0885. The van der Waals surface area contributed by atoms with E-state index in [4.69, 9.17) is 4.74 Å². The number of hydrogen-bond donors (Lipinski definition) is 0. The molecule has 1 atom stereocenters. The molecule has 0 rings (SSSR count). The summed E-state index contributed by atoms with van der Waals surface area (Å²) in [6, 6.07) is 0. The molecule has 0 aliphatic rings. The van der Waals surface area contributed by atoms with Crippen molar-refractivity contribution in [2.45, 2.75) is 67.2 Å². The van der Waals surface area contributed by atoms with Gasteiger partial charge in [0, 0.05) is 5.41 Å². The summed E-state index contributed by atoms with van der Waals surface area (Å²) in [6.45, 7) is 18.3. The third-order valence-corrected chi connectivity index (χ3v) is 4.20. The lowest BCUT2D eigenvalue weighted by Crippen LogP contribution is -2.24. The summed E-state index contributed by atoms with van der Waals surface area (Å²) in [5.74, 6) is 2.20. The van der Waals surface area contributed by atoms with Crippen molar-refractivity contribution in [3.63, 3.8) is 0 Å². The van der Waals surface area contributed by atoms with Crippen LogP contribution in [0.3, 0.4) is 0 Å². The fourth-order valence-electron chi connectivity index (χ4n) is 1.62. The Bertz CT molecular complexity index is 216. The monoisotopic (exact) mass is 240 g/mol. The largest absolute Gasteiger partial charge is 0.498 e. The maximum Gasteiger partial charge on any atom is 0.0946 e. The van der Waals surface area contributed by atoms with Gasteiger partial charge in [-0.1, -0.05) is 67.4 Å². The van der Waals surface area contributed by atoms with E-state index in [2.05, 4.69) is 48.1 Å². The normalized spacial score (nSPS) is 13.8. The fraction of sp³-hybridized carbons (Fsp3) is 0.875. The van der Waals surface area contributed by atoms with Crippen molar-refractivity contribution in [2.24, 2.45) is 17.3 Å². The molecule has 0 radical (unpaired) electrons. The number of ether oxygens (including phenoxy) is 1. The highest BCUT2D eigenvalue weighted by Crippen LogP contribution is 2.34. The smallest absolute Gasteiger partial charge is 0.0946 e. The van der Waals surface area contributed by atoms with Gasteiger partial charge in [0.1, 0.15) is 0 Å². The summed E-state index contributed by atoms with van der Waals surface area (Å²) in [5, 5.41) is 0. The molecule has 0 aliphatic heterocycles. The Labute approximate surface area is 109 Å². The molecule has 0 N–H and O–H groups in total. The third-order valence-electron chi connectivity index (χ3n) is 4.20. The highest BCUT2D eigenvalue weighted by Gasteiger charge is 2.27. The average Bonchev–Trinajstić information content (AvgIpc) is 2.28. The minimum absolute atomic E-state index is 0.0725. The second-order valence-electron chi connectivity index (χ2n) is 6.03. The molecule has 0 aromatic heterocycles. The first-order valence-corrected chi connectivity index (χ1v) is 7.18. The number of allylic oxidation sites excluding steroid dienone is 1. The van der Waals surface area contributed by atoms with E-state index in [9.17, 15) is 0 Å². The van der Waals surface area contributed by atoms with E-state index >= 15 is 0 Å². The Morgan fingerprint density at radius 3 is 2.24 bits per heavy atom. The molecular formula is C16H32O. The van der Waals surface area contributed by atoms with Crippen LogP contribution in [-0.4, -0.2) is 6.61 Å². The van der Waals surface area contributed by atoms with Crippen LogP contribution in [0.5, 0.6) is 0 Å². The van der Waals surface area contributed by atoms with Gasteiger partial charge < -0.3 is 4.74 Å². The zero-order valence-electron chi connectivity index (χ0n) is 12.8. The molecule has 0 saturated carbocycles. The number of hydrogen-bond acceptors (Lipinski definition) is 1. The van der Waals surface area contributed by atoms with Crippen LogP contribution < -0.4 is 0 Å². The minimum Gasteiger partial charge on any atom is -0.498 e. The topological polar surface area (TPSA) is 9.23 Å². The summed E-state index contributed by atoms with van der Waals surface area (Å²) in [6.07, 6.45) is 5.06. The molecule has 0 heterocycles. The molecule has 0 aromatic carbocycles. The van der Waals surface area contributed by atoms with Crippen LogP contribution in [0.4, 0.5) is 0 Å². The second kappa shape index (κ2) is 7.79. The third kappa shape index (κ3) is 5.61. The van der Waals surface area contributed by atoms with E-state index in [1.165, 1.54) is 25.7 Å². The Hall–Kier alpha value is -0.460. The van der Waals surface area contributed by atoms with E-state index in [-0.39, 0.29) is 5.41 Å². The van der Waals surface area contributed by atoms with Gasteiger partial charge in [-0.15, -0.1) is 0 Å². The van der Waals surface area contributed by atoms with Gasteiger partial charge in [0.15, 0.2) is 0 Å². The SMILES string of the molecule is C=C(OCC(CC)CCCC)C(C)(C)C(C)C. The molecule has 1 heteroatoms. The molecule has 0 fully saturated rings. The zero-order valence-corrected chi connectivity index (χ0v) is 12.8. The molecule has 17 heavy (non-hydrogen) atoms. The number of rotatable bonds is 9. The first kappa shape index (κ1) is 16.5. The van der Waals surface area contributed by atoms with Crippen LogP contribution >= 0.6 is 0 Å². The summed E-state index contributed by atoms with van der Waals surface area (Å²) in [4.78, 5) is 0. The predicted molar refractivity (Wildman–Crippen MR) is 77.0 cm³/mol. The second-order valence-corrected chi connectivity index (χ2v) is 6.03. The molecule has 0 saturated heterocycles. The van der Waals surface area contributed by atoms with E-state index in [0.717, 1.165) is 12.4 Å². The standard InChI is InChI=1S/C16H32O/c1-8-10-11-15(9-2)12-17-14(5)16(6,7)13(3)4/h13,15H,5,8-12H2,1-4,6-7H3. The van der Waals surface area contributed by atoms with E-state index < -0.39 is 0 Å². The molecule has 0 amide bonds. The quantitative estimate of drug-likeness (QED) is 0.489. The van der Waals surface area contributed by atoms with Crippen LogP contribution in [-0.2, 0) is 4.74 Å². The fourth-order valence-corrected chi connectivity index (χ4v) is 1.62. The molecule has 0 spiro atoms. The molecule has 1 unspecified atom stereocenters.